The fourth-order valence-corrected chi connectivity index (χ4v) is 3.31. The van der Waals surface area contributed by atoms with Crippen LogP contribution in [-0.2, 0) is 11.3 Å². The SMILES string of the molecule is COc1cc(CN(C)C(=O)C(N)c2ccc(C)cc2)c(SC)cc1OC.Cl. The zero-order valence-corrected chi connectivity index (χ0v) is 17.9. The van der Waals surface area contributed by atoms with Crippen LogP contribution in [0.25, 0.3) is 0 Å². The summed E-state index contributed by atoms with van der Waals surface area (Å²) in [4.78, 5) is 15.4. The first-order valence-electron chi connectivity index (χ1n) is 8.27. The first-order valence-corrected chi connectivity index (χ1v) is 9.49. The van der Waals surface area contributed by atoms with Gasteiger partial charge >= 0.3 is 0 Å². The van der Waals surface area contributed by atoms with Gasteiger partial charge in [0.15, 0.2) is 11.5 Å². The second kappa shape index (κ2) is 10.4. The molecule has 0 aromatic heterocycles. The summed E-state index contributed by atoms with van der Waals surface area (Å²) < 4.78 is 10.7. The second-order valence-electron chi connectivity index (χ2n) is 6.10. The van der Waals surface area contributed by atoms with E-state index >= 15 is 0 Å². The Labute approximate surface area is 171 Å². The Morgan fingerprint density at radius 2 is 1.70 bits per heavy atom. The predicted octanol–water partition coefficient (Wildman–Crippen LogP) is 3.81. The molecule has 2 rings (SSSR count). The molecule has 5 nitrogen and oxygen atoms in total. The Morgan fingerprint density at radius 1 is 1.15 bits per heavy atom. The minimum absolute atomic E-state index is 0. The maximum absolute atomic E-state index is 12.7. The van der Waals surface area contributed by atoms with Crippen molar-refractivity contribution < 1.29 is 14.3 Å². The molecule has 27 heavy (non-hydrogen) atoms. The lowest BCUT2D eigenvalue weighted by molar-refractivity contribution is -0.132. The summed E-state index contributed by atoms with van der Waals surface area (Å²) >= 11 is 1.60. The number of halogens is 1. The van der Waals surface area contributed by atoms with E-state index in [4.69, 9.17) is 15.2 Å². The molecule has 2 aromatic carbocycles. The van der Waals surface area contributed by atoms with Crippen LogP contribution in [0, 0.1) is 6.92 Å². The number of amides is 1. The summed E-state index contributed by atoms with van der Waals surface area (Å²) in [7, 11) is 4.97. The molecule has 0 heterocycles. The number of carbonyl (C=O) groups is 1. The van der Waals surface area contributed by atoms with Gasteiger partial charge in [0.1, 0.15) is 6.04 Å². The maximum Gasteiger partial charge on any atom is 0.244 e. The summed E-state index contributed by atoms with van der Waals surface area (Å²) in [5.41, 5.74) is 9.11. The van der Waals surface area contributed by atoms with Gasteiger partial charge in [-0.1, -0.05) is 29.8 Å². The van der Waals surface area contributed by atoms with Crippen molar-refractivity contribution in [3.63, 3.8) is 0 Å². The summed E-state index contributed by atoms with van der Waals surface area (Å²) in [5, 5.41) is 0. The van der Waals surface area contributed by atoms with Gasteiger partial charge in [-0.25, -0.2) is 0 Å². The third-order valence-electron chi connectivity index (χ3n) is 4.27. The zero-order chi connectivity index (χ0) is 19.3. The Balaban J connectivity index is 0.00000364. The quantitative estimate of drug-likeness (QED) is 0.703. The van der Waals surface area contributed by atoms with Crippen molar-refractivity contribution in [1.29, 1.82) is 0 Å². The van der Waals surface area contributed by atoms with Crippen LogP contribution >= 0.6 is 24.2 Å². The van der Waals surface area contributed by atoms with E-state index in [0.717, 1.165) is 21.6 Å². The molecule has 0 fully saturated rings. The van der Waals surface area contributed by atoms with E-state index in [2.05, 4.69) is 0 Å². The summed E-state index contributed by atoms with van der Waals surface area (Å²) in [6.45, 7) is 2.44. The average molecular weight is 411 g/mol. The van der Waals surface area contributed by atoms with Gasteiger partial charge in [0.2, 0.25) is 5.91 Å². The van der Waals surface area contributed by atoms with Gasteiger partial charge in [0, 0.05) is 18.5 Å². The largest absolute Gasteiger partial charge is 0.493 e. The molecule has 0 saturated carbocycles. The molecular weight excluding hydrogens is 384 g/mol. The molecule has 1 atom stereocenters. The van der Waals surface area contributed by atoms with Crippen LogP contribution in [0.4, 0.5) is 0 Å². The third-order valence-corrected chi connectivity index (χ3v) is 5.09. The predicted molar refractivity (Wildman–Crippen MR) is 113 cm³/mol. The highest BCUT2D eigenvalue weighted by Crippen LogP contribution is 2.35. The molecule has 0 bridgehead atoms. The molecule has 2 aromatic rings. The molecule has 1 unspecified atom stereocenters. The molecule has 0 radical (unpaired) electrons. The summed E-state index contributed by atoms with van der Waals surface area (Å²) in [5.74, 6) is 1.19. The van der Waals surface area contributed by atoms with Gasteiger partial charge in [-0.15, -0.1) is 24.2 Å². The highest BCUT2D eigenvalue weighted by atomic mass is 35.5. The van der Waals surface area contributed by atoms with Crippen molar-refractivity contribution in [3.8, 4) is 11.5 Å². The summed E-state index contributed by atoms with van der Waals surface area (Å²) in [6, 6.07) is 10.9. The number of hydrogen-bond donors (Lipinski definition) is 1. The number of thioether (sulfide) groups is 1. The average Bonchev–Trinajstić information content (AvgIpc) is 2.66. The first kappa shape index (κ1) is 23.1. The first-order chi connectivity index (χ1) is 12.4. The topological polar surface area (TPSA) is 64.8 Å². The normalized spacial score (nSPS) is 11.3. The van der Waals surface area contributed by atoms with Crippen LogP contribution in [0.15, 0.2) is 41.3 Å². The number of carbonyl (C=O) groups excluding carboxylic acids is 1. The molecule has 0 aliphatic heterocycles. The highest BCUT2D eigenvalue weighted by molar-refractivity contribution is 7.98. The van der Waals surface area contributed by atoms with Gasteiger partial charge in [0.05, 0.1) is 14.2 Å². The lowest BCUT2D eigenvalue weighted by atomic mass is 10.0. The smallest absolute Gasteiger partial charge is 0.244 e. The van der Waals surface area contributed by atoms with Crippen molar-refractivity contribution in [2.24, 2.45) is 5.73 Å². The van der Waals surface area contributed by atoms with Crippen molar-refractivity contribution >= 4 is 30.1 Å². The zero-order valence-electron chi connectivity index (χ0n) is 16.3. The van der Waals surface area contributed by atoms with Gasteiger partial charge in [0.25, 0.3) is 0 Å². The number of ether oxygens (including phenoxy) is 2. The molecule has 148 valence electrons. The number of benzene rings is 2. The van der Waals surface area contributed by atoms with Crippen LogP contribution in [0.5, 0.6) is 11.5 Å². The number of hydrogen-bond acceptors (Lipinski definition) is 5. The molecule has 7 heteroatoms. The van der Waals surface area contributed by atoms with E-state index in [9.17, 15) is 4.79 Å². The van der Waals surface area contributed by atoms with Gasteiger partial charge < -0.3 is 20.1 Å². The number of likely N-dealkylation sites (N-methyl/N-ethyl adjacent to an activating group) is 1. The van der Waals surface area contributed by atoms with Gasteiger partial charge in [-0.05, 0) is 36.4 Å². The minimum Gasteiger partial charge on any atom is -0.493 e. The van der Waals surface area contributed by atoms with E-state index in [1.807, 2.05) is 49.6 Å². The maximum atomic E-state index is 12.7. The van der Waals surface area contributed by atoms with Crippen LogP contribution < -0.4 is 15.2 Å². The number of nitrogens with zero attached hydrogens (tertiary/aromatic N) is 1. The molecular formula is C20H27ClN2O3S. The fraction of sp³-hybridized carbons (Fsp3) is 0.350. The lowest BCUT2D eigenvalue weighted by Crippen LogP contribution is -2.35. The van der Waals surface area contributed by atoms with Gasteiger partial charge in [-0.2, -0.15) is 0 Å². The minimum atomic E-state index is -0.682. The van der Waals surface area contributed by atoms with Crippen molar-refractivity contribution in [2.45, 2.75) is 24.4 Å². The van der Waals surface area contributed by atoms with Crippen molar-refractivity contribution in [3.05, 3.63) is 53.1 Å². The van der Waals surface area contributed by atoms with Crippen molar-refractivity contribution in [2.75, 3.05) is 27.5 Å². The van der Waals surface area contributed by atoms with E-state index in [1.54, 1.807) is 37.9 Å². The third kappa shape index (κ3) is 5.54. The Kier molecular flexibility index (Phi) is 8.96. The van der Waals surface area contributed by atoms with E-state index in [1.165, 1.54) is 0 Å². The Hall–Kier alpha value is -1.89. The lowest BCUT2D eigenvalue weighted by Gasteiger charge is -2.23. The standard InChI is InChI=1S/C20H26N2O3S.ClH/c1-13-6-8-14(9-7-13)19(21)20(23)22(2)12-15-10-16(24-3)17(25-4)11-18(15)26-5;/h6-11,19H,12,21H2,1-5H3;1H. The number of rotatable bonds is 7. The van der Waals surface area contributed by atoms with E-state index in [0.29, 0.717) is 18.0 Å². The summed E-state index contributed by atoms with van der Waals surface area (Å²) in [6.07, 6.45) is 1.99. The Bertz CT molecular complexity index is 769. The van der Waals surface area contributed by atoms with Crippen LogP contribution in [0.1, 0.15) is 22.7 Å². The van der Waals surface area contributed by atoms with Crippen molar-refractivity contribution in [1.82, 2.24) is 4.90 Å². The Morgan fingerprint density at radius 3 is 2.22 bits per heavy atom. The van der Waals surface area contributed by atoms with Crippen LogP contribution in [-0.4, -0.2) is 38.3 Å². The molecule has 0 saturated heterocycles. The molecule has 0 aliphatic carbocycles. The monoisotopic (exact) mass is 410 g/mol. The van der Waals surface area contributed by atoms with Crippen LogP contribution in [0.2, 0.25) is 0 Å². The fourth-order valence-electron chi connectivity index (χ4n) is 2.70. The molecule has 1 amide bonds. The highest BCUT2D eigenvalue weighted by Gasteiger charge is 2.21. The molecule has 2 N–H and O–H groups in total. The number of methoxy groups -OCH3 is 2. The number of nitrogens with two attached hydrogens (primary N) is 1. The number of aryl methyl sites for hydroxylation is 1. The molecule has 0 spiro atoms. The second-order valence-corrected chi connectivity index (χ2v) is 6.95. The van der Waals surface area contributed by atoms with Crippen LogP contribution in [0.3, 0.4) is 0 Å². The molecule has 0 aliphatic rings. The van der Waals surface area contributed by atoms with Gasteiger partial charge in [-0.3, -0.25) is 4.79 Å². The van der Waals surface area contributed by atoms with E-state index in [-0.39, 0.29) is 18.3 Å². The van der Waals surface area contributed by atoms with E-state index < -0.39 is 6.04 Å².